The number of nitrogens with zero attached hydrogens (tertiary/aromatic N) is 1. The second kappa shape index (κ2) is 5.00. The van der Waals surface area contributed by atoms with Crippen LogP contribution in [0, 0.1) is 5.92 Å². The van der Waals surface area contributed by atoms with Gasteiger partial charge in [-0.3, -0.25) is 19.8 Å². The number of barbiturate groups is 1. The summed E-state index contributed by atoms with van der Waals surface area (Å²) >= 11 is 0. The number of carbonyl (C=O) groups excluding carboxylic acids is 3. The maximum atomic E-state index is 12.0. The number of amides is 4. The predicted molar refractivity (Wildman–Crippen MR) is 64.3 cm³/mol. The maximum Gasteiger partial charge on any atom is 0.331 e. The summed E-state index contributed by atoms with van der Waals surface area (Å²) in [7, 11) is 0. The summed E-state index contributed by atoms with van der Waals surface area (Å²) in [5.74, 6) is -1.68. The van der Waals surface area contributed by atoms with Gasteiger partial charge in [-0.25, -0.2) is 4.79 Å². The van der Waals surface area contributed by atoms with Crippen LogP contribution < -0.4 is 5.32 Å². The monoisotopic (exact) mass is 246 g/mol. The number of hydrogen-bond acceptors (Lipinski definition) is 3. The van der Waals surface area contributed by atoms with Crippen molar-refractivity contribution in [3.05, 3.63) is 35.9 Å². The van der Waals surface area contributed by atoms with E-state index in [0.29, 0.717) is 6.42 Å². The molecule has 1 aliphatic heterocycles. The Labute approximate surface area is 105 Å². The number of nitrogens with one attached hydrogen (secondary N) is 1. The summed E-state index contributed by atoms with van der Waals surface area (Å²) in [6, 6.07) is 8.56. The fourth-order valence-corrected chi connectivity index (χ4v) is 1.94. The van der Waals surface area contributed by atoms with Crippen LogP contribution >= 0.6 is 0 Å². The van der Waals surface area contributed by atoms with Gasteiger partial charge in [0, 0.05) is 0 Å². The minimum Gasteiger partial charge on any atom is -0.277 e. The van der Waals surface area contributed by atoms with Crippen LogP contribution in [0.4, 0.5) is 4.79 Å². The van der Waals surface area contributed by atoms with Crippen molar-refractivity contribution in [2.75, 3.05) is 0 Å². The van der Waals surface area contributed by atoms with Crippen molar-refractivity contribution in [2.24, 2.45) is 5.92 Å². The van der Waals surface area contributed by atoms with Crippen molar-refractivity contribution >= 4 is 17.8 Å². The molecule has 1 aliphatic rings. The molecule has 1 atom stereocenters. The second-order valence-electron chi connectivity index (χ2n) is 4.17. The SMILES string of the molecule is CCC1C(=O)NC(=O)N(Cc2ccccc2)C1=O. The molecule has 0 spiro atoms. The Bertz CT molecular complexity index is 484. The zero-order valence-electron chi connectivity index (χ0n) is 10.1. The molecule has 1 saturated heterocycles. The number of rotatable bonds is 3. The van der Waals surface area contributed by atoms with Crippen LogP contribution in [0.2, 0.25) is 0 Å². The van der Waals surface area contributed by atoms with Gasteiger partial charge >= 0.3 is 6.03 Å². The molecule has 1 aromatic carbocycles. The van der Waals surface area contributed by atoms with E-state index < -0.39 is 23.8 Å². The first kappa shape index (κ1) is 12.3. The molecule has 0 aliphatic carbocycles. The van der Waals surface area contributed by atoms with E-state index in [1.807, 2.05) is 30.3 Å². The van der Waals surface area contributed by atoms with Crippen molar-refractivity contribution in [1.29, 1.82) is 0 Å². The van der Waals surface area contributed by atoms with E-state index in [-0.39, 0.29) is 6.54 Å². The first-order valence-electron chi connectivity index (χ1n) is 5.83. The Hall–Kier alpha value is -2.17. The van der Waals surface area contributed by atoms with Crippen LogP contribution in [0.3, 0.4) is 0 Å². The topological polar surface area (TPSA) is 66.5 Å². The highest BCUT2D eigenvalue weighted by atomic mass is 16.2. The fourth-order valence-electron chi connectivity index (χ4n) is 1.94. The van der Waals surface area contributed by atoms with E-state index in [1.54, 1.807) is 6.92 Å². The lowest BCUT2D eigenvalue weighted by atomic mass is 10.0. The highest BCUT2D eigenvalue weighted by Crippen LogP contribution is 2.16. The lowest BCUT2D eigenvalue weighted by molar-refractivity contribution is -0.143. The van der Waals surface area contributed by atoms with E-state index in [1.165, 1.54) is 0 Å². The molecule has 1 heterocycles. The number of urea groups is 1. The third-order valence-electron chi connectivity index (χ3n) is 2.95. The smallest absolute Gasteiger partial charge is 0.277 e. The Balaban J connectivity index is 2.19. The molecule has 0 saturated carbocycles. The van der Waals surface area contributed by atoms with Gasteiger partial charge in [0.2, 0.25) is 11.8 Å². The van der Waals surface area contributed by atoms with E-state index in [4.69, 9.17) is 0 Å². The third kappa shape index (κ3) is 2.25. The van der Waals surface area contributed by atoms with Gasteiger partial charge in [0.15, 0.2) is 0 Å². The number of carbonyl (C=O) groups is 3. The zero-order chi connectivity index (χ0) is 13.1. The first-order chi connectivity index (χ1) is 8.63. The molecule has 0 radical (unpaired) electrons. The first-order valence-corrected chi connectivity index (χ1v) is 5.83. The van der Waals surface area contributed by atoms with E-state index >= 15 is 0 Å². The van der Waals surface area contributed by atoms with Gasteiger partial charge in [-0.05, 0) is 12.0 Å². The maximum absolute atomic E-state index is 12.0. The molecule has 4 amide bonds. The quantitative estimate of drug-likeness (QED) is 0.817. The van der Waals surface area contributed by atoms with Crippen LogP contribution in [0.25, 0.3) is 0 Å². The molecule has 1 unspecified atom stereocenters. The van der Waals surface area contributed by atoms with Crippen molar-refractivity contribution in [2.45, 2.75) is 19.9 Å². The van der Waals surface area contributed by atoms with Crippen LogP contribution in [0.15, 0.2) is 30.3 Å². The molecule has 18 heavy (non-hydrogen) atoms. The van der Waals surface area contributed by atoms with E-state index in [0.717, 1.165) is 10.5 Å². The highest BCUT2D eigenvalue weighted by molar-refractivity contribution is 6.16. The predicted octanol–water partition coefficient (Wildman–Crippen LogP) is 1.29. The molecule has 0 bridgehead atoms. The van der Waals surface area contributed by atoms with Gasteiger partial charge in [0.25, 0.3) is 0 Å². The molecule has 94 valence electrons. The van der Waals surface area contributed by atoms with Crippen molar-refractivity contribution in [1.82, 2.24) is 10.2 Å². The highest BCUT2D eigenvalue weighted by Gasteiger charge is 2.38. The van der Waals surface area contributed by atoms with Gasteiger partial charge < -0.3 is 0 Å². The van der Waals surface area contributed by atoms with Crippen molar-refractivity contribution < 1.29 is 14.4 Å². The minimum absolute atomic E-state index is 0.190. The van der Waals surface area contributed by atoms with Gasteiger partial charge in [-0.15, -0.1) is 0 Å². The van der Waals surface area contributed by atoms with Gasteiger partial charge in [0.05, 0.1) is 6.54 Å². The lowest BCUT2D eigenvalue weighted by Gasteiger charge is -2.29. The molecule has 5 heteroatoms. The summed E-state index contributed by atoms with van der Waals surface area (Å²) in [6.07, 6.45) is 0.392. The zero-order valence-corrected chi connectivity index (χ0v) is 10.1. The average Bonchev–Trinajstić information content (AvgIpc) is 2.36. The molecular weight excluding hydrogens is 232 g/mol. The summed E-state index contributed by atoms with van der Waals surface area (Å²) < 4.78 is 0. The molecular formula is C13H14N2O3. The van der Waals surface area contributed by atoms with Crippen molar-refractivity contribution in [3.8, 4) is 0 Å². The lowest BCUT2D eigenvalue weighted by Crippen LogP contribution is -2.57. The minimum atomic E-state index is -0.758. The Morgan fingerprint density at radius 2 is 1.83 bits per heavy atom. The van der Waals surface area contributed by atoms with E-state index in [9.17, 15) is 14.4 Å². The molecule has 1 fully saturated rings. The Kier molecular flexibility index (Phi) is 3.41. The Morgan fingerprint density at radius 3 is 2.44 bits per heavy atom. The second-order valence-corrected chi connectivity index (χ2v) is 4.17. The average molecular weight is 246 g/mol. The normalized spacial score (nSPS) is 19.9. The summed E-state index contributed by atoms with van der Waals surface area (Å²) in [5.41, 5.74) is 0.852. The van der Waals surface area contributed by atoms with Gasteiger partial charge in [-0.1, -0.05) is 37.3 Å². The Morgan fingerprint density at radius 1 is 1.17 bits per heavy atom. The van der Waals surface area contributed by atoms with Crippen LogP contribution in [-0.4, -0.2) is 22.7 Å². The van der Waals surface area contributed by atoms with Crippen LogP contribution in [-0.2, 0) is 16.1 Å². The summed E-state index contributed by atoms with van der Waals surface area (Å²) in [6.45, 7) is 1.94. The van der Waals surface area contributed by atoms with Gasteiger partial charge in [-0.2, -0.15) is 0 Å². The van der Waals surface area contributed by atoms with E-state index in [2.05, 4.69) is 5.32 Å². The molecule has 5 nitrogen and oxygen atoms in total. The summed E-state index contributed by atoms with van der Waals surface area (Å²) in [5, 5.41) is 2.21. The van der Waals surface area contributed by atoms with Crippen LogP contribution in [0.1, 0.15) is 18.9 Å². The van der Waals surface area contributed by atoms with Gasteiger partial charge in [0.1, 0.15) is 5.92 Å². The fraction of sp³-hybridized carbons (Fsp3) is 0.308. The third-order valence-corrected chi connectivity index (χ3v) is 2.95. The molecule has 2 rings (SSSR count). The molecule has 0 aromatic heterocycles. The van der Waals surface area contributed by atoms with Crippen LogP contribution in [0.5, 0.6) is 0 Å². The van der Waals surface area contributed by atoms with Crippen molar-refractivity contribution in [3.63, 3.8) is 0 Å². The largest absolute Gasteiger partial charge is 0.331 e. The number of imide groups is 2. The number of benzene rings is 1. The summed E-state index contributed by atoms with van der Waals surface area (Å²) in [4.78, 5) is 36.2. The molecule has 1 aromatic rings. The molecule has 1 N–H and O–H groups in total. The standard InChI is InChI=1S/C13H14N2O3/c1-2-10-11(16)14-13(18)15(12(10)17)8-9-6-4-3-5-7-9/h3-7,10H,2,8H2,1H3,(H,14,16,18). The number of hydrogen-bond donors (Lipinski definition) is 1.